The lowest BCUT2D eigenvalue weighted by Gasteiger charge is -2.09. The molecule has 5 rings (SSSR count). The number of ether oxygens (including phenoxy) is 2. The van der Waals surface area contributed by atoms with Crippen LogP contribution in [0.25, 0.3) is 16.6 Å². The zero-order valence-corrected chi connectivity index (χ0v) is 19.4. The second-order valence-electron chi connectivity index (χ2n) is 8.04. The molecule has 2 heterocycles. The van der Waals surface area contributed by atoms with Gasteiger partial charge in [-0.3, -0.25) is 9.59 Å². The Balaban J connectivity index is 1.79. The van der Waals surface area contributed by atoms with Crippen molar-refractivity contribution in [3.05, 3.63) is 126 Å². The summed E-state index contributed by atoms with van der Waals surface area (Å²) in [7, 11) is 3.16. The van der Waals surface area contributed by atoms with E-state index in [2.05, 4.69) is 0 Å². The van der Waals surface area contributed by atoms with Crippen LogP contribution in [0.5, 0.6) is 11.5 Å². The van der Waals surface area contributed by atoms with Crippen molar-refractivity contribution in [1.82, 2.24) is 4.40 Å². The first-order chi connectivity index (χ1) is 17.1. The zero-order valence-electron chi connectivity index (χ0n) is 19.4. The highest BCUT2D eigenvalue weighted by molar-refractivity contribution is 6.24. The number of nitrogens with zero attached hydrogens (tertiary/aromatic N) is 1. The first-order valence-electron chi connectivity index (χ1n) is 11.2. The Hall–Kier alpha value is -4.64. The van der Waals surface area contributed by atoms with Gasteiger partial charge in [-0.15, -0.1) is 0 Å². The van der Waals surface area contributed by atoms with E-state index in [9.17, 15) is 9.59 Å². The molecule has 2 aromatic heterocycles. The van der Waals surface area contributed by atoms with E-state index in [0.717, 1.165) is 16.6 Å². The van der Waals surface area contributed by atoms with Gasteiger partial charge in [-0.05, 0) is 66.2 Å². The summed E-state index contributed by atoms with van der Waals surface area (Å²) in [6, 6.07) is 29.2. The van der Waals surface area contributed by atoms with Crippen LogP contribution in [0.3, 0.4) is 0 Å². The maximum absolute atomic E-state index is 14.0. The standard InChI is InChI=1S/C30H23NO4/c1-34-23-15-11-21(12-16-23)29(32)27-26(20-8-4-3-5-9-20)25-10-6-7-19-31(25)28(27)30(33)22-13-17-24(35-2)18-14-22/h3-19H,1-2H3. The van der Waals surface area contributed by atoms with Crippen LogP contribution >= 0.6 is 0 Å². The number of carbonyl (C=O) groups excluding carboxylic acids is 2. The Morgan fingerprint density at radius 1 is 0.629 bits per heavy atom. The summed E-state index contributed by atoms with van der Waals surface area (Å²) in [5, 5.41) is 0. The molecule has 35 heavy (non-hydrogen) atoms. The van der Waals surface area contributed by atoms with Crippen molar-refractivity contribution in [3.63, 3.8) is 0 Å². The molecule has 3 aromatic carbocycles. The third-order valence-corrected chi connectivity index (χ3v) is 6.05. The van der Waals surface area contributed by atoms with E-state index in [4.69, 9.17) is 9.47 Å². The van der Waals surface area contributed by atoms with Crippen LogP contribution in [0.15, 0.2) is 103 Å². The summed E-state index contributed by atoms with van der Waals surface area (Å²) in [5.41, 5.74) is 4.01. The Morgan fingerprint density at radius 2 is 1.17 bits per heavy atom. The van der Waals surface area contributed by atoms with Crippen molar-refractivity contribution in [2.45, 2.75) is 0 Å². The minimum absolute atomic E-state index is 0.230. The number of fused-ring (bicyclic) bond motifs is 1. The van der Waals surface area contributed by atoms with E-state index >= 15 is 0 Å². The van der Waals surface area contributed by atoms with Crippen molar-refractivity contribution < 1.29 is 19.1 Å². The van der Waals surface area contributed by atoms with Gasteiger partial charge < -0.3 is 13.9 Å². The number of benzene rings is 3. The van der Waals surface area contributed by atoms with E-state index in [0.29, 0.717) is 33.9 Å². The first-order valence-corrected chi connectivity index (χ1v) is 11.2. The minimum Gasteiger partial charge on any atom is -0.497 e. The highest BCUT2D eigenvalue weighted by Gasteiger charge is 2.29. The SMILES string of the molecule is COc1ccc(C(=O)c2c(-c3ccccc3)c3ccccn3c2C(=O)c2ccc(OC)cc2)cc1. The molecule has 0 fully saturated rings. The summed E-state index contributed by atoms with van der Waals surface area (Å²) in [5.74, 6) is 0.836. The second kappa shape index (κ2) is 9.31. The van der Waals surface area contributed by atoms with Crippen molar-refractivity contribution >= 4 is 17.1 Å². The van der Waals surface area contributed by atoms with Gasteiger partial charge in [-0.1, -0.05) is 36.4 Å². The Bertz CT molecular complexity index is 1520. The van der Waals surface area contributed by atoms with Gasteiger partial charge in [0.05, 0.1) is 25.3 Å². The van der Waals surface area contributed by atoms with Gasteiger partial charge in [-0.2, -0.15) is 0 Å². The second-order valence-corrected chi connectivity index (χ2v) is 8.04. The topological polar surface area (TPSA) is 57.0 Å². The quantitative estimate of drug-likeness (QED) is 0.276. The molecule has 5 nitrogen and oxygen atoms in total. The molecule has 0 radical (unpaired) electrons. The molecule has 0 N–H and O–H groups in total. The van der Waals surface area contributed by atoms with E-state index in [1.165, 1.54) is 0 Å². The number of ketones is 2. The fourth-order valence-electron chi connectivity index (χ4n) is 4.32. The fourth-order valence-corrected chi connectivity index (χ4v) is 4.32. The molecule has 5 aromatic rings. The first kappa shape index (κ1) is 22.2. The van der Waals surface area contributed by atoms with Crippen LogP contribution < -0.4 is 9.47 Å². The number of hydrogen-bond acceptors (Lipinski definition) is 4. The molecule has 0 spiro atoms. The summed E-state index contributed by atoms with van der Waals surface area (Å²) in [6.45, 7) is 0. The molecule has 0 aliphatic heterocycles. The Labute approximate surface area is 203 Å². The predicted octanol–water partition coefficient (Wildman–Crippen LogP) is 6.09. The van der Waals surface area contributed by atoms with Gasteiger partial charge in [0.25, 0.3) is 0 Å². The van der Waals surface area contributed by atoms with E-state index in [-0.39, 0.29) is 11.6 Å². The summed E-state index contributed by atoms with van der Waals surface area (Å²) >= 11 is 0. The smallest absolute Gasteiger partial charge is 0.210 e. The van der Waals surface area contributed by atoms with Gasteiger partial charge in [0, 0.05) is 22.9 Å². The fraction of sp³-hybridized carbons (Fsp3) is 0.0667. The third kappa shape index (κ3) is 3.97. The highest BCUT2D eigenvalue weighted by Crippen LogP contribution is 2.36. The average molecular weight is 462 g/mol. The molecular formula is C30H23NO4. The molecule has 0 saturated carbocycles. The third-order valence-electron chi connectivity index (χ3n) is 6.05. The van der Waals surface area contributed by atoms with Gasteiger partial charge >= 0.3 is 0 Å². The Kier molecular flexibility index (Phi) is 5.90. The highest BCUT2D eigenvalue weighted by atomic mass is 16.5. The van der Waals surface area contributed by atoms with E-state index in [1.54, 1.807) is 62.8 Å². The molecule has 0 bridgehead atoms. The molecule has 0 saturated heterocycles. The molecule has 172 valence electrons. The van der Waals surface area contributed by atoms with E-state index < -0.39 is 0 Å². The largest absolute Gasteiger partial charge is 0.497 e. The van der Waals surface area contributed by atoms with Gasteiger partial charge in [0.1, 0.15) is 17.2 Å². The monoisotopic (exact) mass is 461 g/mol. The van der Waals surface area contributed by atoms with Crippen molar-refractivity contribution in [1.29, 1.82) is 0 Å². The average Bonchev–Trinajstić information content (AvgIpc) is 3.28. The summed E-state index contributed by atoms with van der Waals surface area (Å²) in [6.07, 6.45) is 1.82. The molecular weight excluding hydrogens is 438 g/mol. The van der Waals surface area contributed by atoms with Crippen LogP contribution in [0.1, 0.15) is 32.0 Å². The number of hydrogen-bond donors (Lipinski definition) is 0. The maximum atomic E-state index is 14.0. The molecule has 0 atom stereocenters. The Morgan fingerprint density at radius 3 is 1.74 bits per heavy atom. The van der Waals surface area contributed by atoms with E-state index in [1.807, 2.05) is 59.1 Å². The van der Waals surface area contributed by atoms with Gasteiger partial charge in [0.2, 0.25) is 5.78 Å². The number of carbonyl (C=O) groups is 2. The van der Waals surface area contributed by atoms with Crippen LogP contribution in [0.4, 0.5) is 0 Å². The molecule has 0 amide bonds. The number of aromatic nitrogens is 1. The molecule has 0 aliphatic rings. The van der Waals surface area contributed by atoms with Crippen LogP contribution in [-0.4, -0.2) is 30.2 Å². The lowest BCUT2D eigenvalue weighted by molar-refractivity contribution is 0.100. The lowest BCUT2D eigenvalue weighted by Crippen LogP contribution is -2.12. The predicted molar refractivity (Wildman–Crippen MR) is 136 cm³/mol. The number of methoxy groups -OCH3 is 2. The summed E-state index contributed by atoms with van der Waals surface area (Å²) < 4.78 is 12.3. The molecule has 0 aliphatic carbocycles. The molecule has 5 heteroatoms. The van der Waals surface area contributed by atoms with Crippen LogP contribution in [0.2, 0.25) is 0 Å². The zero-order chi connectivity index (χ0) is 24.4. The summed E-state index contributed by atoms with van der Waals surface area (Å²) in [4.78, 5) is 28.0. The number of pyridine rings is 1. The van der Waals surface area contributed by atoms with Crippen LogP contribution in [0, 0.1) is 0 Å². The van der Waals surface area contributed by atoms with Gasteiger partial charge in [-0.25, -0.2) is 0 Å². The van der Waals surface area contributed by atoms with Crippen molar-refractivity contribution in [2.24, 2.45) is 0 Å². The van der Waals surface area contributed by atoms with Gasteiger partial charge in [0.15, 0.2) is 5.78 Å². The van der Waals surface area contributed by atoms with Crippen LogP contribution in [-0.2, 0) is 0 Å². The number of rotatable bonds is 7. The maximum Gasteiger partial charge on any atom is 0.210 e. The molecule has 0 unspecified atom stereocenters. The minimum atomic E-state index is -0.243. The van der Waals surface area contributed by atoms with Crippen molar-refractivity contribution in [2.75, 3.05) is 14.2 Å². The lowest BCUT2D eigenvalue weighted by atomic mass is 9.92. The normalized spacial score (nSPS) is 10.8. The van der Waals surface area contributed by atoms with Crippen molar-refractivity contribution in [3.8, 4) is 22.6 Å².